The van der Waals surface area contributed by atoms with Gasteiger partial charge >= 0.3 is 0 Å². The van der Waals surface area contributed by atoms with Crippen LogP contribution >= 0.6 is 0 Å². The number of nitrogens with two attached hydrogens (primary N) is 1. The van der Waals surface area contributed by atoms with Gasteiger partial charge in [0, 0.05) is 24.7 Å². The average molecular weight is 296 g/mol. The third-order valence-electron chi connectivity index (χ3n) is 2.90. The molecule has 0 aliphatic heterocycles. The zero-order valence-electron chi connectivity index (χ0n) is 12.1. The minimum absolute atomic E-state index is 0.174. The third kappa shape index (κ3) is 5.35. The minimum atomic E-state index is -0.616. The number of hydrogen-bond donors (Lipinski definition) is 2. The van der Waals surface area contributed by atoms with Crippen molar-refractivity contribution in [2.45, 2.75) is 32.9 Å². The number of nitro groups is 1. The first-order valence-electron chi connectivity index (χ1n) is 6.67. The molecule has 1 amide bonds. The van der Waals surface area contributed by atoms with E-state index in [1.54, 1.807) is 0 Å². The molecule has 0 bridgehead atoms. The molecule has 116 valence electrons. The molecule has 0 saturated carbocycles. The molecule has 1 heterocycles. The van der Waals surface area contributed by atoms with Crippen molar-refractivity contribution in [1.29, 1.82) is 0 Å². The van der Waals surface area contributed by atoms with Gasteiger partial charge in [0.25, 0.3) is 11.2 Å². The molecule has 1 rings (SSSR count). The number of hydrogen-bond acceptors (Lipinski definition) is 5. The highest BCUT2D eigenvalue weighted by atomic mass is 16.6. The van der Waals surface area contributed by atoms with Crippen LogP contribution in [0, 0.1) is 16.0 Å². The lowest BCUT2D eigenvalue weighted by Crippen LogP contribution is -2.43. The normalized spacial score (nSPS) is 12.2. The van der Waals surface area contributed by atoms with E-state index in [0.29, 0.717) is 12.5 Å². The number of amides is 1. The molecule has 8 nitrogen and oxygen atoms in total. The summed E-state index contributed by atoms with van der Waals surface area (Å²) in [6.07, 6.45) is 1.79. The van der Waals surface area contributed by atoms with Crippen LogP contribution in [0.25, 0.3) is 0 Å². The quantitative estimate of drug-likeness (QED) is 0.552. The summed E-state index contributed by atoms with van der Waals surface area (Å²) in [6, 6.07) is 2.00. The van der Waals surface area contributed by atoms with Gasteiger partial charge in [0.1, 0.15) is 6.54 Å². The zero-order chi connectivity index (χ0) is 16.0. The first-order valence-corrected chi connectivity index (χ1v) is 6.67. The summed E-state index contributed by atoms with van der Waals surface area (Å²) in [7, 11) is 0. The Balaban J connectivity index is 2.76. The second-order valence-corrected chi connectivity index (χ2v) is 5.24. The van der Waals surface area contributed by atoms with Crippen LogP contribution in [-0.4, -0.2) is 28.0 Å². The van der Waals surface area contributed by atoms with Crippen LogP contribution in [0.1, 0.15) is 20.3 Å². The van der Waals surface area contributed by atoms with Crippen LogP contribution in [0.2, 0.25) is 0 Å². The van der Waals surface area contributed by atoms with Crippen molar-refractivity contribution in [1.82, 2.24) is 9.88 Å². The van der Waals surface area contributed by atoms with Crippen LogP contribution in [0.5, 0.6) is 0 Å². The number of pyridine rings is 1. The van der Waals surface area contributed by atoms with E-state index in [1.165, 1.54) is 0 Å². The Morgan fingerprint density at radius 2 is 2.14 bits per heavy atom. The standard InChI is InChI=1S/C13H20N4O4/c1-9(2)5-10(6-14)15-12(18)8-16-7-11(17(20)21)3-4-13(16)19/h3-4,7,9-10H,5-6,8,14H2,1-2H3,(H,15,18). The van der Waals surface area contributed by atoms with Gasteiger partial charge < -0.3 is 11.1 Å². The summed E-state index contributed by atoms with van der Waals surface area (Å²) < 4.78 is 1.01. The molecule has 1 atom stereocenters. The van der Waals surface area contributed by atoms with Crippen molar-refractivity contribution in [2.75, 3.05) is 6.54 Å². The smallest absolute Gasteiger partial charge is 0.285 e. The SMILES string of the molecule is CC(C)CC(CN)NC(=O)Cn1cc([N+](=O)[O-])ccc1=O. The molecule has 0 aliphatic carbocycles. The Morgan fingerprint density at radius 1 is 1.48 bits per heavy atom. The van der Waals surface area contributed by atoms with E-state index in [9.17, 15) is 19.7 Å². The second kappa shape index (κ2) is 7.53. The summed E-state index contributed by atoms with van der Waals surface area (Å²) in [5.41, 5.74) is 4.88. The van der Waals surface area contributed by atoms with Gasteiger partial charge in [-0.25, -0.2) is 0 Å². The Morgan fingerprint density at radius 3 is 2.67 bits per heavy atom. The van der Waals surface area contributed by atoms with Crippen LogP contribution in [0.3, 0.4) is 0 Å². The molecular formula is C13H20N4O4. The maximum Gasteiger partial charge on any atom is 0.285 e. The highest BCUT2D eigenvalue weighted by Gasteiger charge is 2.14. The summed E-state index contributed by atoms with van der Waals surface area (Å²) in [6.45, 7) is 4.06. The summed E-state index contributed by atoms with van der Waals surface area (Å²) in [5, 5.41) is 13.4. The number of nitrogens with zero attached hydrogens (tertiary/aromatic N) is 2. The molecule has 1 unspecified atom stereocenters. The molecule has 0 radical (unpaired) electrons. The first kappa shape index (κ1) is 16.8. The van der Waals surface area contributed by atoms with Gasteiger partial charge in [-0.15, -0.1) is 0 Å². The van der Waals surface area contributed by atoms with E-state index in [4.69, 9.17) is 5.73 Å². The zero-order valence-corrected chi connectivity index (χ0v) is 12.1. The van der Waals surface area contributed by atoms with Crippen molar-refractivity contribution in [3.8, 4) is 0 Å². The van der Waals surface area contributed by atoms with Crippen molar-refractivity contribution < 1.29 is 9.72 Å². The summed E-state index contributed by atoms with van der Waals surface area (Å²) in [5.74, 6) is -0.0203. The second-order valence-electron chi connectivity index (χ2n) is 5.24. The van der Waals surface area contributed by atoms with E-state index in [0.717, 1.165) is 29.3 Å². The summed E-state index contributed by atoms with van der Waals surface area (Å²) in [4.78, 5) is 33.6. The van der Waals surface area contributed by atoms with E-state index in [2.05, 4.69) is 5.32 Å². The molecule has 0 aliphatic rings. The monoisotopic (exact) mass is 296 g/mol. The summed E-state index contributed by atoms with van der Waals surface area (Å²) >= 11 is 0. The Hall–Kier alpha value is -2.22. The van der Waals surface area contributed by atoms with Crippen LogP contribution in [0.4, 0.5) is 5.69 Å². The fraction of sp³-hybridized carbons (Fsp3) is 0.538. The number of carbonyl (C=O) groups is 1. The number of nitrogens with one attached hydrogen (secondary N) is 1. The van der Waals surface area contributed by atoms with Crippen molar-refractivity contribution >= 4 is 11.6 Å². The molecule has 3 N–H and O–H groups in total. The third-order valence-corrected chi connectivity index (χ3v) is 2.90. The topological polar surface area (TPSA) is 120 Å². The number of aromatic nitrogens is 1. The van der Waals surface area contributed by atoms with E-state index in [-0.39, 0.29) is 18.3 Å². The van der Waals surface area contributed by atoms with Crippen molar-refractivity contribution in [3.63, 3.8) is 0 Å². The van der Waals surface area contributed by atoms with Crippen LogP contribution in [-0.2, 0) is 11.3 Å². The van der Waals surface area contributed by atoms with Crippen molar-refractivity contribution in [2.24, 2.45) is 11.7 Å². The molecule has 0 fully saturated rings. The van der Waals surface area contributed by atoms with E-state index in [1.807, 2.05) is 13.8 Å². The fourth-order valence-electron chi connectivity index (χ4n) is 1.96. The van der Waals surface area contributed by atoms with Gasteiger partial charge in [-0.1, -0.05) is 13.8 Å². The van der Waals surface area contributed by atoms with E-state index >= 15 is 0 Å². The predicted octanol–water partition coefficient (Wildman–Crippen LogP) is 0.246. The number of carbonyl (C=O) groups excluding carboxylic acids is 1. The lowest BCUT2D eigenvalue weighted by Gasteiger charge is -2.19. The molecule has 8 heteroatoms. The lowest BCUT2D eigenvalue weighted by atomic mass is 10.0. The Labute approximate surface area is 122 Å². The van der Waals surface area contributed by atoms with Crippen LogP contribution in [0.15, 0.2) is 23.1 Å². The first-order chi connectivity index (χ1) is 9.83. The van der Waals surface area contributed by atoms with E-state index < -0.39 is 16.4 Å². The maximum atomic E-state index is 11.9. The molecule has 21 heavy (non-hydrogen) atoms. The van der Waals surface area contributed by atoms with Gasteiger partial charge in [-0.2, -0.15) is 0 Å². The predicted molar refractivity (Wildman–Crippen MR) is 77.8 cm³/mol. The van der Waals surface area contributed by atoms with Gasteiger partial charge in [0.05, 0.1) is 11.1 Å². The van der Waals surface area contributed by atoms with Gasteiger partial charge in [-0.3, -0.25) is 24.3 Å². The largest absolute Gasteiger partial charge is 0.351 e. The molecule has 1 aromatic heterocycles. The molecular weight excluding hydrogens is 276 g/mol. The molecule has 0 saturated heterocycles. The molecule has 0 aromatic carbocycles. The molecule has 1 aromatic rings. The lowest BCUT2D eigenvalue weighted by molar-refractivity contribution is -0.385. The highest BCUT2D eigenvalue weighted by Crippen LogP contribution is 2.06. The average Bonchev–Trinajstić information content (AvgIpc) is 2.39. The fourth-order valence-corrected chi connectivity index (χ4v) is 1.96. The Kier molecular flexibility index (Phi) is 6.04. The maximum absolute atomic E-state index is 11.9. The minimum Gasteiger partial charge on any atom is -0.351 e. The van der Waals surface area contributed by atoms with Gasteiger partial charge in [0.15, 0.2) is 0 Å². The highest BCUT2D eigenvalue weighted by molar-refractivity contribution is 5.76. The molecule has 0 spiro atoms. The van der Waals surface area contributed by atoms with Crippen LogP contribution < -0.4 is 16.6 Å². The van der Waals surface area contributed by atoms with Crippen molar-refractivity contribution in [3.05, 3.63) is 38.8 Å². The van der Waals surface area contributed by atoms with Gasteiger partial charge in [0.2, 0.25) is 5.91 Å². The Bertz CT molecular complexity index is 568. The van der Waals surface area contributed by atoms with Gasteiger partial charge in [-0.05, 0) is 12.3 Å². The number of rotatable bonds is 7.